The van der Waals surface area contributed by atoms with Crippen molar-refractivity contribution in [3.05, 3.63) is 60.2 Å². The summed E-state index contributed by atoms with van der Waals surface area (Å²) in [4.78, 5) is 0. The number of nitrogens with one attached hydrogen (secondary N) is 1. The number of anilines is 1. The first kappa shape index (κ1) is 15.6. The predicted molar refractivity (Wildman–Crippen MR) is 82.5 cm³/mol. The van der Waals surface area contributed by atoms with E-state index in [1.165, 1.54) is 26.4 Å². The van der Waals surface area contributed by atoms with Gasteiger partial charge in [0.1, 0.15) is 5.75 Å². The highest BCUT2D eigenvalue weighted by Gasteiger charge is 2.35. The van der Waals surface area contributed by atoms with Gasteiger partial charge in [0.05, 0.1) is 0 Å². The molecule has 112 valence electrons. The van der Waals surface area contributed by atoms with E-state index in [0.717, 1.165) is 5.69 Å². The van der Waals surface area contributed by atoms with Gasteiger partial charge in [-0.3, -0.25) is 4.57 Å². The van der Waals surface area contributed by atoms with Crippen LogP contribution in [0.15, 0.2) is 54.6 Å². The summed E-state index contributed by atoms with van der Waals surface area (Å²) in [7, 11) is -0.683. The van der Waals surface area contributed by atoms with Gasteiger partial charge in [-0.25, -0.2) is 0 Å². The van der Waals surface area contributed by atoms with Gasteiger partial charge in [-0.1, -0.05) is 30.3 Å². The SMILES string of the molecule is COP(=O)(OC)C(Nc1ccccc1)c1ccc(O)cc1. The van der Waals surface area contributed by atoms with E-state index in [0.29, 0.717) is 5.56 Å². The molecule has 0 bridgehead atoms. The summed E-state index contributed by atoms with van der Waals surface area (Å²) in [6.07, 6.45) is 0. The van der Waals surface area contributed by atoms with Crippen molar-refractivity contribution in [2.24, 2.45) is 0 Å². The van der Waals surface area contributed by atoms with E-state index in [-0.39, 0.29) is 5.75 Å². The molecule has 6 heteroatoms. The third kappa shape index (κ3) is 3.64. The Morgan fingerprint density at radius 2 is 1.57 bits per heavy atom. The lowest BCUT2D eigenvalue weighted by Gasteiger charge is -2.26. The molecule has 0 saturated carbocycles. The maximum absolute atomic E-state index is 12.8. The number of rotatable bonds is 6. The van der Waals surface area contributed by atoms with Crippen molar-refractivity contribution in [1.29, 1.82) is 0 Å². The van der Waals surface area contributed by atoms with E-state index < -0.39 is 13.4 Å². The van der Waals surface area contributed by atoms with Gasteiger partial charge in [0.25, 0.3) is 0 Å². The zero-order valence-corrected chi connectivity index (χ0v) is 12.8. The number of hydrogen-bond donors (Lipinski definition) is 2. The van der Waals surface area contributed by atoms with Crippen molar-refractivity contribution in [3.63, 3.8) is 0 Å². The van der Waals surface area contributed by atoms with Crippen LogP contribution in [0.3, 0.4) is 0 Å². The van der Waals surface area contributed by atoms with E-state index in [1.807, 2.05) is 30.3 Å². The summed E-state index contributed by atoms with van der Waals surface area (Å²) < 4.78 is 23.0. The van der Waals surface area contributed by atoms with Crippen molar-refractivity contribution in [3.8, 4) is 5.75 Å². The third-order valence-electron chi connectivity index (χ3n) is 3.11. The number of aromatic hydroxyl groups is 1. The highest BCUT2D eigenvalue weighted by atomic mass is 31.2. The van der Waals surface area contributed by atoms with Crippen LogP contribution in [0.2, 0.25) is 0 Å². The van der Waals surface area contributed by atoms with Gasteiger partial charge in [0.15, 0.2) is 5.78 Å². The molecule has 5 nitrogen and oxygen atoms in total. The fraction of sp³-hybridized carbons (Fsp3) is 0.200. The number of para-hydroxylation sites is 1. The average molecular weight is 307 g/mol. The largest absolute Gasteiger partial charge is 0.508 e. The van der Waals surface area contributed by atoms with Crippen LogP contribution < -0.4 is 5.32 Å². The molecule has 0 aliphatic carbocycles. The monoisotopic (exact) mass is 307 g/mol. The van der Waals surface area contributed by atoms with E-state index in [1.54, 1.807) is 12.1 Å². The maximum Gasteiger partial charge on any atom is 0.356 e. The Morgan fingerprint density at radius 3 is 2.10 bits per heavy atom. The minimum Gasteiger partial charge on any atom is -0.508 e. The fourth-order valence-electron chi connectivity index (χ4n) is 1.98. The van der Waals surface area contributed by atoms with E-state index in [4.69, 9.17) is 9.05 Å². The minimum atomic E-state index is -3.39. The van der Waals surface area contributed by atoms with Crippen LogP contribution in [0.4, 0.5) is 5.69 Å². The van der Waals surface area contributed by atoms with Gasteiger partial charge < -0.3 is 19.5 Å². The zero-order chi connectivity index (χ0) is 15.3. The van der Waals surface area contributed by atoms with Gasteiger partial charge in [-0.2, -0.15) is 0 Å². The molecular weight excluding hydrogens is 289 g/mol. The van der Waals surface area contributed by atoms with Crippen molar-refractivity contribution in [2.75, 3.05) is 19.5 Å². The summed E-state index contributed by atoms with van der Waals surface area (Å²) in [5, 5.41) is 12.6. The molecule has 0 amide bonds. The van der Waals surface area contributed by atoms with E-state index in [9.17, 15) is 9.67 Å². The molecule has 2 N–H and O–H groups in total. The Kier molecular flexibility index (Phi) is 5.02. The lowest BCUT2D eigenvalue weighted by atomic mass is 10.2. The standard InChI is InChI=1S/C15H18NO4P/c1-19-21(18,20-2)15(12-8-10-14(17)11-9-12)16-13-6-4-3-5-7-13/h3-11,15-17H,1-2H3. The van der Waals surface area contributed by atoms with Gasteiger partial charge in [0.2, 0.25) is 0 Å². The van der Waals surface area contributed by atoms with Crippen LogP contribution in [0.1, 0.15) is 11.3 Å². The Labute approximate surface area is 124 Å². The topological polar surface area (TPSA) is 67.8 Å². The van der Waals surface area contributed by atoms with Gasteiger partial charge in [0, 0.05) is 19.9 Å². The maximum atomic E-state index is 12.8. The molecule has 0 saturated heterocycles. The molecule has 2 aromatic carbocycles. The highest BCUT2D eigenvalue weighted by molar-refractivity contribution is 7.54. The highest BCUT2D eigenvalue weighted by Crippen LogP contribution is 2.59. The van der Waals surface area contributed by atoms with Crippen LogP contribution in [0.5, 0.6) is 5.75 Å². The van der Waals surface area contributed by atoms with Gasteiger partial charge in [-0.05, 0) is 29.8 Å². The summed E-state index contributed by atoms with van der Waals surface area (Å²) in [5.74, 6) is -0.530. The number of hydrogen-bond acceptors (Lipinski definition) is 5. The molecule has 2 rings (SSSR count). The summed E-state index contributed by atoms with van der Waals surface area (Å²) >= 11 is 0. The fourth-order valence-corrected chi connectivity index (χ4v) is 3.39. The van der Waals surface area contributed by atoms with Crippen molar-refractivity contribution in [2.45, 2.75) is 5.78 Å². The molecule has 0 spiro atoms. The molecule has 0 aromatic heterocycles. The smallest absolute Gasteiger partial charge is 0.356 e. The Morgan fingerprint density at radius 1 is 1.00 bits per heavy atom. The van der Waals surface area contributed by atoms with E-state index in [2.05, 4.69) is 5.32 Å². The predicted octanol–water partition coefficient (Wildman–Crippen LogP) is 3.99. The van der Waals surface area contributed by atoms with Crippen molar-refractivity contribution < 1.29 is 18.7 Å². The molecule has 1 unspecified atom stereocenters. The summed E-state index contributed by atoms with van der Waals surface area (Å²) in [6.45, 7) is 0. The molecule has 0 aliphatic rings. The quantitative estimate of drug-likeness (QED) is 0.790. The lowest BCUT2D eigenvalue weighted by Crippen LogP contribution is -2.13. The third-order valence-corrected chi connectivity index (χ3v) is 5.19. The number of phenolic OH excluding ortho intramolecular Hbond substituents is 1. The van der Waals surface area contributed by atoms with Crippen LogP contribution in [-0.4, -0.2) is 19.3 Å². The minimum absolute atomic E-state index is 0.141. The Balaban J connectivity index is 2.39. The Bertz CT molecular complexity index is 607. The first-order valence-corrected chi connectivity index (χ1v) is 8.02. The first-order valence-electron chi connectivity index (χ1n) is 6.41. The molecular formula is C15H18NO4P. The van der Waals surface area contributed by atoms with Crippen LogP contribution in [0.25, 0.3) is 0 Å². The summed E-state index contributed by atoms with van der Waals surface area (Å²) in [5.41, 5.74) is 1.49. The molecule has 2 aromatic rings. The second kappa shape index (κ2) is 6.76. The molecule has 0 fully saturated rings. The molecule has 0 aliphatic heterocycles. The Hall–Kier alpha value is -1.81. The number of phenols is 1. The zero-order valence-electron chi connectivity index (χ0n) is 11.9. The van der Waals surface area contributed by atoms with Crippen LogP contribution >= 0.6 is 7.60 Å². The second-order valence-corrected chi connectivity index (χ2v) is 6.74. The first-order chi connectivity index (χ1) is 10.1. The molecule has 0 radical (unpaired) electrons. The average Bonchev–Trinajstić information content (AvgIpc) is 2.54. The second-order valence-electron chi connectivity index (χ2n) is 4.41. The van der Waals surface area contributed by atoms with E-state index >= 15 is 0 Å². The normalized spacial score (nSPS) is 12.9. The van der Waals surface area contributed by atoms with Gasteiger partial charge in [-0.15, -0.1) is 0 Å². The lowest BCUT2D eigenvalue weighted by molar-refractivity contribution is 0.268. The molecule has 1 atom stereocenters. The van der Waals surface area contributed by atoms with Crippen LogP contribution in [-0.2, 0) is 13.6 Å². The van der Waals surface area contributed by atoms with Crippen molar-refractivity contribution in [1.82, 2.24) is 0 Å². The molecule has 0 heterocycles. The summed E-state index contributed by atoms with van der Waals surface area (Å²) in [6, 6.07) is 15.8. The van der Waals surface area contributed by atoms with Crippen LogP contribution in [0, 0.1) is 0 Å². The molecule has 21 heavy (non-hydrogen) atoms. The van der Waals surface area contributed by atoms with Crippen molar-refractivity contribution >= 4 is 13.3 Å². The number of benzene rings is 2. The van der Waals surface area contributed by atoms with Gasteiger partial charge >= 0.3 is 7.60 Å².